The third kappa shape index (κ3) is 2.39. The van der Waals surface area contributed by atoms with E-state index in [9.17, 15) is 4.79 Å². The van der Waals surface area contributed by atoms with Crippen molar-refractivity contribution in [3.63, 3.8) is 0 Å². The summed E-state index contributed by atoms with van der Waals surface area (Å²) in [5, 5.41) is 3.21. The lowest BCUT2D eigenvalue weighted by atomic mass is 9.51. The Balaban J connectivity index is 1.52. The summed E-state index contributed by atoms with van der Waals surface area (Å²) in [6.07, 6.45) is 6.66. The van der Waals surface area contributed by atoms with E-state index in [1.165, 1.54) is 43.2 Å². The zero-order valence-electron chi connectivity index (χ0n) is 13.1. The van der Waals surface area contributed by atoms with Crippen LogP contribution in [0.2, 0.25) is 0 Å². The van der Waals surface area contributed by atoms with Crippen molar-refractivity contribution in [1.82, 2.24) is 0 Å². The molecular formula is C19H25NO. The summed E-state index contributed by atoms with van der Waals surface area (Å²) in [5.41, 5.74) is 3.41. The standard InChI is InChI=1S/C19H25NO/c1-11-3-12(2)5-17(4-11)20-19(21)18-15-7-13-6-14(9-15)10-16(18)8-13/h3-5,13-16,18H,6-10H2,1-2H3,(H,20,21). The number of anilines is 1. The number of nitrogens with one attached hydrogen (secondary N) is 1. The Hall–Kier alpha value is -1.31. The van der Waals surface area contributed by atoms with Gasteiger partial charge in [-0.25, -0.2) is 0 Å². The second-order valence-electron chi connectivity index (χ2n) is 7.82. The average Bonchev–Trinajstić information content (AvgIpc) is 2.35. The molecule has 0 atom stereocenters. The van der Waals surface area contributed by atoms with Crippen LogP contribution in [0.1, 0.15) is 43.2 Å². The van der Waals surface area contributed by atoms with Gasteiger partial charge in [-0.05, 0) is 92.9 Å². The predicted octanol–water partition coefficient (Wildman–Crippen LogP) is 4.31. The molecule has 0 spiro atoms. The molecule has 0 aromatic heterocycles. The normalized spacial score (nSPS) is 36.8. The van der Waals surface area contributed by atoms with Crippen LogP contribution >= 0.6 is 0 Å². The Morgan fingerprint density at radius 3 is 1.95 bits per heavy atom. The van der Waals surface area contributed by atoms with Gasteiger partial charge in [0.25, 0.3) is 0 Å². The zero-order valence-corrected chi connectivity index (χ0v) is 13.1. The first-order valence-electron chi connectivity index (χ1n) is 8.47. The predicted molar refractivity (Wildman–Crippen MR) is 85.1 cm³/mol. The van der Waals surface area contributed by atoms with E-state index in [1.807, 2.05) is 0 Å². The van der Waals surface area contributed by atoms with Gasteiger partial charge in [0, 0.05) is 11.6 Å². The summed E-state index contributed by atoms with van der Waals surface area (Å²) >= 11 is 0. The third-order valence-corrected chi connectivity index (χ3v) is 6.02. The molecule has 4 fully saturated rings. The highest BCUT2D eigenvalue weighted by Crippen LogP contribution is 2.56. The molecule has 1 aromatic carbocycles. The summed E-state index contributed by atoms with van der Waals surface area (Å²) in [6.45, 7) is 4.18. The number of rotatable bonds is 2. The molecule has 0 unspecified atom stereocenters. The van der Waals surface area contributed by atoms with Gasteiger partial charge in [-0.2, -0.15) is 0 Å². The lowest BCUT2D eigenvalue weighted by Gasteiger charge is -2.53. The van der Waals surface area contributed by atoms with Gasteiger partial charge in [-0.15, -0.1) is 0 Å². The molecule has 2 heteroatoms. The van der Waals surface area contributed by atoms with Crippen LogP contribution in [-0.2, 0) is 4.79 Å². The lowest BCUT2D eigenvalue weighted by Crippen LogP contribution is -2.49. The smallest absolute Gasteiger partial charge is 0.228 e. The van der Waals surface area contributed by atoms with Gasteiger partial charge >= 0.3 is 0 Å². The molecule has 4 aliphatic carbocycles. The van der Waals surface area contributed by atoms with E-state index < -0.39 is 0 Å². The number of carbonyl (C=O) groups is 1. The highest BCUT2D eigenvalue weighted by Gasteiger charge is 2.50. The number of carbonyl (C=O) groups excluding carboxylic acids is 1. The highest BCUT2D eigenvalue weighted by molar-refractivity contribution is 5.93. The maximum atomic E-state index is 12.8. The molecule has 1 aromatic rings. The number of aryl methyl sites for hydroxylation is 2. The second kappa shape index (κ2) is 4.86. The molecule has 1 N–H and O–H groups in total. The fraction of sp³-hybridized carbons (Fsp3) is 0.632. The molecule has 4 saturated carbocycles. The van der Waals surface area contributed by atoms with Crippen molar-refractivity contribution < 1.29 is 4.79 Å². The molecular weight excluding hydrogens is 258 g/mol. The number of amides is 1. The minimum absolute atomic E-state index is 0.276. The molecule has 0 radical (unpaired) electrons. The van der Waals surface area contributed by atoms with Crippen LogP contribution in [0.4, 0.5) is 5.69 Å². The van der Waals surface area contributed by atoms with Crippen molar-refractivity contribution in [2.24, 2.45) is 29.6 Å². The van der Waals surface area contributed by atoms with Gasteiger partial charge in [-0.1, -0.05) is 6.07 Å². The van der Waals surface area contributed by atoms with Crippen molar-refractivity contribution in [2.45, 2.75) is 46.0 Å². The topological polar surface area (TPSA) is 29.1 Å². The molecule has 4 bridgehead atoms. The zero-order chi connectivity index (χ0) is 14.6. The van der Waals surface area contributed by atoms with Crippen LogP contribution in [0.3, 0.4) is 0 Å². The van der Waals surface area contributed by atoms with E-state index in [2.05, 4.69) is 37.4 Å². The lowest BCUT2D eigenvalue weighted by molar-refractivity contribution is -0.132. The van der Waals surface area contributed by atoms with Gasteiger partial charge < -0.3 is 5.32 Å². The van der Waals surface area contributed by atoms with Gasteiger partial charge in [0.15, 0.2) is 0 Å². The Kier molecular flexibility index (Phi) is 3.09. The molecule has 112 valence electrons. The first kappa shape index (κ1) is 13.4. The molecule has 0 aliphatic heterocycles. The summed E-state index contributed by atoms with van der Waals surface area (Å²) in [5.74, 6) is 3.74. The summed E-state index contributed by atoms with van der Waals surface area (Å²) in [7, 11) is 0. The second-order valence-corrected chi connectivity index (χ2v) is 7.82. The molecule has 0 heterocycles. The molecule has 21 heavy (non-hydrogen) atoms. The number of hydrogen-bond donors (Lipinski definition) is 1. The quantitative estimate of drug-likeness (QED) is 0.860. The van der Waals surface area contributed by atoms with E-state index in [1.54, 1.807) is 0 Å². The minimum atomic E-state index is 0.276. The largest absolute Gasteiger partial charge is 0.326 e. The summed E-state index contributed by atoms with van der Waals surface area (Å²) in [4.78, 5) is 12.8. The molecule has 2 nitrogen and oxygen atoms in total. The molecule has 5 rings (SSSR count). The van der Waals surface area contributed by atoms with Crippen molar-refractivity contribution >= 4 is 11.6 Å². The molecule has 1 amide bonds. The van der Waals surface area contributed by atoms with Crippen LogP contribution in [-0.4, -0.2) is 5.91 Å². The minimum Gasteiger partial charge on any atom is -0.326 e. The highest BCUT2D eigenvalue weighted by atomic mass is 16.1. The van der Waals surface area contributed by atoms with Gasteiger partial charge in [0.1, 0.15) is 0 Å². The first-order chi connectivity index (χ1) is 10.1. The van der Waals surface area contributed by atoms with Crippen LogP contribution < -0.4 is 5.32 Å². The Morgan fingerprint density at radius 1 is 0.905 bits per heavy atom. The third-order valence-electron chi connectivity index (χ3n) is 6.02. The molecule has 4 aliphatic rings. The van der Waals surface area contributed by atoms with E-state index in [0.29, 0.717) is 11.8 Å². The van der Waals surface area contributed by atoms with Gasteiger partial charge in [-0.3, -0.25) is 4.79 Å². The molecule has 0 saturated heterocycles. The average molecular weight is 283 g/mol. The summed E-state index contributed by atoms with van der Waals surface area (Å²) < 4.78 is 0. The van der Waals surface area contributed by atoms with Crippen molar-refractivity contribution in [3.05, 3.63) is 29.3 Å². The Morgan fingerprint density at radius 2 is 1.43 bits per heavy atom. The van der Waals surface area contributed by atoms with Crippen molar-refractivity contribution in [2.75, 3.05) is 5.32 Å². The van der Waals surface area contributed by atoms with E-state index in [-0.39, 0.29) is 11.8 Å². The van der Waals surface area contributed by atoms with Crippen LogP contribution in [0.25, 0.3) is 0 Å². The van der Waals surface area contributed by atoms with E-state index >= 15 is 0 Å². The Bertz CT molecular complexity index is 529. The van der Waals surface area contributed by atoms with Crippen LogP contribution in [0.15, 0.2) is 18.2 Å². The van der Waals surface area contributed by atoms with Crippen molar-refractivity contribution in [1.29, 1.82) is 0 Å². The van der Waals surface area contributed by atoms with Gasteiger partial charge in [0.2, 0.25) is 5.91 Å². The van der Waals surface area contributed by atoms with Gasteiger partial charge in [0.05, 0.1) is 0 Å². The first-order valence-corrected chi connectivity index (χ1v) is 8.47. The number of hydrogen-bond acceptors (Lipinski definition) is 1. The maximum Gasteiger partial charge on any atom is 0.228 e. The SMILES string of the molecule is Cc1cc(C)cc(NC(=O)C2C3CC4CC(C3)CC2C4)c1. The monoisotopic (exact) mass is 283 g/mol. The van der Waals surface area contributed by atoms with Crippen LogP contribution in [0.5, 0.6) is 0 Å². The van der Waals surface area contributed by atoms with Crippen molar-refractivity contribution in [3.8, 4) is 0 Å². The fourth-order valence-electron chi connectivity index (χ4n) is 5.63. The fourth-order valence-corrected chi connectivity index (χ4v) is 5.63. The maximum absolute atomic E-state index is 12.8. The number of benzene rings is 1. The van der Waals surface area contributed by atoms with E-state index in [4.69, 9.17) is 0 Å². The van der Waals surface area contributed by atoms with Crippen LogP contribution in [0, 0.1) is 43.4 Å². The Labute approximate surface area is 127 Å². The summed E-state index contributed by atoms with van der Waals surface area (Å²) in [6, 6.07) is 6.32. The van der Waals surface area contributed by atoms with E-state index in [0.717, 1.165) is 17.5 Å².